The third kappa shape index (κ3) is 6.68. The summed E-state index contributed by atoms with van der Waals surface area (Å²) in [6.45, 7) is 6.03. The minimum absolute atomic E-state index is 0. The van der Waals surface area contributed by atoms with Gasteiger partial charge in [-0.2, -0.15) is 0 Å². The molecule has 1 aliphatic rings. The van der Waals surface area contributed by atoms with E-state index in [2.05, 4.69) is 44.2 Å². The number of carbonyl (C=O) groups excluding carboxylic acids is 1. The summed E-state index contributed by atoms with van der Waals surface area (Å²) in [7, 11) is 3.45. The van der Waals surface area contributed by atoms with Gasteiger partial charge in [0.25, 0.3) is 5.91 Å². The summed E-state index contributed by atoms with van der Waals surface area (Å²) >= 11 is 1.88. The van der Waals surface area contributed by atoms with Crippen molar-refractivity contribution in [3.63, 3.8) is 0 Å². The topological polar surface area (TPSA) is 68.8 Å². The van der Waals surface area contributed by atoms with E-state index in [0.29, 0.717) is 11.6 Å². The number of rotatable bonds is 7. The fraction of sp³-hybridized carbons (Fsp3) is 0.455. The second kappa shape index (κ2) is 12.3. The number of guanidine groups is 1. The molecule has 0 fully saturated rings. The molecule has 1 amide bonds. The number of halogens is 1. The molecule has 0 saturated carbocycles. The number of thiophene rings is 1. The highest BCUT2D eigenvalue weighted by molar-refractivity contribution is 14.0. The number of hydrogen-bond acceptors (Lipinski definition) is 4. The molecule has 0 saturated heterocycles. The van der Waals surface area contributed by atoms with E-state index in [1.807, 2.05) is 35.6 Å². The van der Waals surface area contributed by atoms with E-state index >= 15 is 0 Å². The Labute approximate surface area is 200 Å². The number of aliphatic imine (C=N–C) groups is 1. The van der Waals surface area contributed by atoms with E-state index in [9.17, 15) is 4.79 Å². The van der Waals surface area contributed by atoms with E-state index in [-0.39, 0.29) is 29.9 Å². The Hall–Kier alpha value is -1.65. The zero-order chi connectivity index (χ0) is 20.6. The van der Waals surface area contributed by atoms with Gasteiger partial charge in [0.2, 0.25) is 0 Å². The zero-order valence-corrected chi connectivity index (χ0v) is 21.1. The van der Waals surface area contributed by atoms with Gasteiger partial charge in [0.05, 0.1) is 0 Å². The Morgan fingerprint density at radius 2 is 2.13 bits per heavy atom. The lowest BCUT2D eigenvalue weighted by atomic mass is 10.1. The SMILES string of the molecule is CN=C(NCCc1cccc(C(=O)NC)c1)NCC(C)N1CCc2sccc2C1.I. The molecule has 1 aromatic carbocycles. The van der Waals surface area contributed by atoms with Gasteiger partial charge in [-0.25, -0.2) is 0 Å². The van der Waals surface area contributed by atoms with Gasteiger partial charge in [-0.3, -0.25) is 14.7 Å². The summed E-state index contributed by atoms with van der Waals surface area (Å²) in [5, 5.41) is 11.7. The maximum Gasteiger partial charge on any atom is 0.251 e. The van der Waals surface area contributed by atoms with Crippen molar-refractivity contribution in [1.29, 1.82) is 0 Å². The summed E-state index contributed by atoms with van der Waals surface area (Å²) in [6, 6.07) is 10.4. The van der Waals surface area contributed by atoms with E-state index in [1.165, 1.54) is 5.56 Å². The molecular formula is C22H32IN5OS. The average molecular weight is 542 g/mol. The number of nitrogens with one attached hydrogen (secondary N) is 3. The average Bonchev–Trinajstić information content (AvgIpc) is 3.23. The zero-order valence-electron chi connectivity index (χ0n) is 17.9. The number of carbonyl (C=O) groups is 1. The predicted octanol–water partition coefficient (Wildman–Crippen LogP) is 2.88. The van der Waals surface area contributed by atoms with Gasteiger partial charge in [-0.1, -0.05) is 12.1 Å². The standard InChI is InChI=1S/C22H31N5OS.HI/c1-16(27-11-8-20-19(15-27)9-12-29-20)14-26-22(24-3)25-10-7-17-5-4-6-18(13-17)21(28)23-2;/h4-6,9,12-13,16H,7-8,10-11,14-15H2,1-3H3,(H,23,28)(H2,24,25,26);1H. The van der Waals surface area contributed by atoms with E-state index < -0.39 is 0 Å². The van der Waals surface area contributed by atoms with Gasteiger partial charge in [-0.15, -0.1) is 35.3 Å². The van der Waals surface area contributed by atoms with E-state index in [4.69, 9.17) is 0 Å². The third-order valence-electron chi connectivity index (χ3n) is 5.37. The third-order valence-corrected chi connectivity index (χ3v) is 6.39. The fourth-order valence-corrected chi connectivity index (χ4v) is 4.47. The van der Waals surface area contributed by atoms with Crippen LogP contribution in [0.1, 0.15) is 33.3 Å². The molecule has 30 heavy (non-hydrogen) atoms. The second-order valence-electron chi connectivity index (χ2n) is 7.35. The highest BCUT2D eigenvalue weighted by Crippen LogP contribution is 2.24. The number of fused-ring (bicyclic) bond motifs is 1. The van der Waals surface area contributed by atoms with Crippen molar-refractivity contribution in [2.45, 2.75) is 32.4 Å². The summed E-state index contributed by atoms with van der Waals surface area (Å²) in [6.07, 6.45) is 1.98. The first kappa shape index (κ1) is 24.6. The highest BCUT2D eigenvalue weighted by Gasteiger charge is 2.21. The van der Waals surface area contributed by atoms with Gasteiger partial charge in [-0.05, 0) is 54.5 Å². The Morgan fingerprint density at radius 1 is 1.30 bits per heavy atom. The van der Waals surface area contributed by atoms with Crippen LogP contribution in [0.25, 0.3) is 0 Å². The maximum atomic E-state index is 11.8. The van der Waals surface area contributed by atoms with Crippen LogP contribution in [0.2, 0.25) is 0 Å². The molecule has 0 spiro atoms. The Kier molecular flexibility index (Phi) is 10.1. The quantitative estimate of drug-likeness (QED) is 0.287. The minimum atomic E-state index is -0.0569. The van der Waals surface area contributed by atoms with Crippen LogP contribution in [-0.4, -0.2) is 56.5 Å². The van der Waals surface area contributed by atoms with Gasteiger partial charge in [0, 0.05) is 56.8 Å². The molecule has 3 N–H and O–H groups in total. The van der Waals surface area contributed by atoms with Crippen molar-refractivity contribution in [3.8, 4) is 0 Å². The molecule has 1 atom stereocenters. The normalized spacial score (nSPS) is 15.0. The first-order valence-corrected chi connectivity index (χ1v) is 11.0. The number of benzene rings is 1. The van der Waals surface area contributed by atoms with Crippen LogP contribution in [0.15, 0.2) is 40.7 Å². The van der Waals surface area contributed by atoms with Crippen molar-refractivity contribution in [2.24, 2.45) is 4.99 Å². The smallest absolute Gasteiger partial charge is 0.251 e. The van der Waals surface area contributed by atoms with Crippen molar-refractivity contribution in [1.82, 2.24) is 20.9 Å². The van der Waals surface area contributed by atoms with Gasteiger partial charge in [0.1, 0.15) is 0 Å². The van der Waals surface area contributed by atoms with Crippen LogP contribution in [0.3, 0.4) is 0 Å². The molecule has 1 aromatic heterocycles. The first-order valence-electron chi connectivity index (χ1n) is 10.2. The molecule has 0 aliphatic carbocycles. The molecule has 164 valence electrons. The number of nitrogens with zero attached hydrogens (tertiary/aromatic N) is 2. The first-order chi connectivity index (χ1) is 14.1. The molecule has 3 rings (SSSR count). The lowest BCUT2D eigenvalue weighted by molar-refractivity contribution is 0.0963. The number of amides is 1. The van der Waals surface area contributed by atoms with Crippen LogP contribution in [0, 0.1) is 0 Å². The molecule has 0 radical (unpaired) electrons. The fourth-order valence-electron chi connectivity index (χ4n) is 3.58. The number of hydrogen-bond donors (Lipinski definition) is 3. The van der Waals surface area contributed by atoms with Crippen molar-refractivity contribution in [2.75, 3.05) is 33.7 Å². The maximum absolute atomic E-state index is 11.8. The summed E-state index contributed by atoms with van der Waals surface area (Å²) in [5.74, 6) is 0.756. The Morgan fingerprint density at radius 3 is 2.90 bits per heavy atom. The summed E-state index contributed by atoms with van der Waals surface area (Å²) < 4.78 is 0. The van der Waals surface area contributed by atoms with Crippen LogP contribution in [0.5, 0.6) is 0 Å². The molecule has 8 heteroatoms. The highest BCUT2D eigenvalue weighted by atomic mass is 127. The lowest BCUT2D eigenvalue weighted by Gasteiger charge is -2.32. The Bertz CT molecular complexity index is 854. The minimum Gasteiger partial charge on any atom is -0.356 e. The summed E-state index contributed by atoms with van der Waals surface area (Å²) in [4.78, 5) is 20.2. The monoisotopic (exact) mass is 541 g/mol. The Balaban J connectivity index is 0.00000320. The van der Waals surface area contributed by atoms with Crippen molar-refractivity contribution >= 4 is 47.2 Å². The van der Waals surface area contributed by atoms with Gasteiger partial charge in [0.15, 0.2) is 5.96 Å². The lowest BCUT2D eigenvalue weighted by Crippen LogP contribution is -2.47. The van der Waals surface area contributed by atoms with Crippen LogP contribution >= 0.6 is 35.3 Å². The van der Waals surface area contributed by atoms with Gasteiger partial charge >= 0.3 is 0 Å². The molecular weight excluding hydrogens is 509 g/mol. The predicted molar refractivity (Wildman–Crippen MR) is 136 cm³/mol. The molecule has 1 aliphatic heterocycles. The molecule has 1 unspecified atom stereocenters. The molecule has 2 heterocycles. The largest absolute Gasteiger partial charge is 0.356 e. The molecule has 0 bridgehead atoms. The van der Waals surface area contributed by atoms with Crippen LogP contribution < -0.4 is 16.0 Å². The van der Waals surface area contributed by atoms with Crippen molar-refractivity contribution in [3.05, 3.63) is 57.3 Å². The van der Waals surface area contributed by atoms with Crippen LogP contribution in [0.4, 0.5) is 0 Å². The van der Waals surface area contributed by atoms with E-state index in [1.54, 1.807) is 19.0 Å². The van der Waals surface area contributed by atoms with Crippen molar-refractivity contribution < 1.29 is 4.79 Å². The summed E-state index contributed by atoms with van der Waals surface area (Å²) in [5.41, 5.74) is 3.30. The molecule has 2 aromatic rings. The van der Waals surface area contributed by atoms with E-state index in [0.717, 1.165) is 50.5 Å². The second-order valence-corrected chi connectivity index (χ2v) is 8.35. The van der Waals surface area contributed by atoms with Gasteiger partial charge < -0.3 is 16.0 Å². The van der Waals surface area contributed by atoms with Crippen LogP contribution in [-0.2, 0) is 19.4 Å². The molecule has 6 nitrogen and oxygen atoms in total.